The number of tetrazole rings is 1. The van der Waals surface area contributed by atoms with Crippen molar-refractivity contribution in [1.82, 2.24) is 39.7 Å². The highest BCUT2D eigenvalue weighted by Crippen LogP contribution is 2.34. The maximum absolute atomic E-state index is 13.5. The molecule has 9 nitrogen and oxygen atoms in total. The van der Waals surface area contributed by atoms with Gasteiger partial charge in [-0.3, -0.25) is 4.79 Å². The van der Waals surface area contributed by atoms with Crippen LogP contribution in [0.4, 0.5) is 13.2 Å². The van der Waals surface area contributed by atoms with E-state index in [1.165, 1.54) is 0 Å². The lowest BCUT2D eigenvalue weighted by atomic mass is 9.92. The quantitative estimate of drug-likeness (QED) is 0.640. The summed E-state index contributed by atoms with van der Waals surface area (Å²) in [6.07, 6.45) is -3.14. The fraction of sp³-hybridized carbons (Fsp3) is 0.556. The van der Waals surface area contributed by atoms with Gasteiger partial charge in [0.15, 0.2) is 5.65 Å². The van der Waals surface area contributed by atoms with Crippen LogP contribution in [0, 0.1) is 13.8 Å². The lowest BCUT2D eigenvalue weighted by Gasteiger charge is -2.32. The van der Waals surface area contributed by atoms with Crippen molar-refractivity contribution in [2.24, 2.45) is 0 Å². The molecular formula is C18H21F3N8O. The molecule has 12 heteroatoms. The molecule has 1 amide bonds. The third kappa shape index (κ3) is 3.98. The van der Waals surface area contributed by atoms with E-state index in [9.17, 15) is 18.0 Å². The van der Waals surface area contributed by atoms with Crippen LogP contribution < -0.4 is 0 Å². The summed E-state index contributed by atoms with van der Waals surface area (Å²) < 4.78 is 43.0. The molecule has 1 saturated heterocycles. The van der Waals surface area contributed by atoms with Gasteiger partial charge in [-0.1, -0.05) is 0 Å². The molecule has 0 spiro atoms. The Morgan fingerprint density at radius 3 is 2.57 bits per heavy atom. The second-order valence-corrected chi connectivity index (χ2v) is 7.47. The van der Waals surface area contributed by atoms with Gasteiger partial charge in [-0.2, -0.15) is 18.3 Å². The molecule has 1 aliphatic rings. The molecule has 3 aromatic rings. The van der Waals surface area contributed by atoms with Crippen LogP contribution in [0.5, 0.6) is 0 Å². The Labute approximate surface area is 169 Å². The number of carbonyl (C=O) groups is 1. The highest BCUT2D eigenvalue weighted by molar-refractivity contribution is 5.76. The van der Waals surface area contributed by atoms with Gasteiger partial charge < -0.3 is 4.90 Å². The molecule has 0 bridgehead atoms. The topological polar surface area (TPSA) is 94.1 Å². The number of halogens is 3. The van der Waals surface area contributed by atoms with Crippen LogP contribution >= 0.6 is 0 Å². The first-order valence-corrected chi connectivity index (χ1v) is 9.67. The van der Waals surface area contributed by atoms with E-state index in [-0.39, 0.29) is 23.9 Å². The smallest absolute Gasteiger partial charge is 0.343 e. The van der Waals surface area contributed by atoms with Crippen molar-refractivity contribution in [2.45, 2.75) is 51.7 Å². The monoisotopic (exact) mass is 422 g/mol. The maximum Gasteiger partial charge on any atom is 0.433 e. The molecule has 3 aromatic heterocycles. The van der Waals surface area contributed by atoms with E-state index >= 15 is 0 Å². The number of aryl methyl sites for hydroxylation is 3. The minimum atomic E-state index is -4.53. The number of likely N-dealkylation sites (tertiary alicyclic amines) is 1. The summed E-state index contributed by atoms with van der Waals surface area (Å²) in [5.74, 6) is 0.477. The zero-order valence-corrected chi connectivity index (χ0v) is 16.6. The first-order chi connectivity index (χ1) is 14.2. The van der Waals surface area contributed by atoms with E-state index in [1.807, 2.05) is 0 Å². The average molecular weight is 422 g/mol. The largest absolute Gasteiger partial charge is 0.433 e. The number of piperidine rings is 1. The van der Waals surface area contributed by atoms with Crippen LogP contribution in [0.2, 0.25) is 0 Å². The normalized spacial score (nSPS) is 15.8. The number of aromatic nitrogens is 7. The van der Waals surface area contributed by atoms with Gasteiger partial charge >= 0.3 is 6.18 Å². The molecule has 4 rings (SSSR count). The second kappa shape index (κ2) is 7.65. The second-order valence-electron chi connectivity index (χ2n) is 7.47. The van der Waals surface area contributed by atoms with Gasteiger partial charge in [-0.15, -0.1) is 5.10 Å². The van der Waals surface area contributed by atoms with Crippen molar-refractivity contribution >= 4 is 11.6 Å². The number of hydrogen-bond donors (Lipinski definition) is 0. The van der Waals surface area contributed by atoms with Crippen LogP contribution in [0.3, 0.4) is 0 Å². The number of hydrogen-bond acceptors (Lipinski definition) is 6. The Bertz CT molecular complexity index is 1070. The van der Waals surface area contributed by atoms with Gasteiger partial charge in [-0.25, -0.2) is 14.2 Å². The number of amides is 1. The zero-order chi connectivity index (χ0) is 21.5. The molecule has 0 aromatic carbocycles. The Hall–Kier alpha value is -3.05. The molecule has 0 radical (unpaired) electrons. The average Bonchev–Trinajstić information content (AvgIpc) is 3.28. The molecule has 0 atom stereocenters. The number of nitrogens with zero attached hydrogens (tertiary/aromatic N) is 8. The van der Waals surface area contributed by atoms with Crippen LogP contribution in [-0.2, 0) is 17.5 Å². The minimum Gasteiger partial charge on any atom is -0.343 e. The molecule has 30 heavy (non-hydrogen) atoms. The van der Waals surface area contributed by atoms with E-state index in [2.05, 4.69) is 25.6 Å². The van der Waals surface area contributed by atoms with Crippen LogP contribution in [0.1, 0.15) is 48.1 Å². The number of fused-ring (bicyclic) bond motifs is 1. The summed E-state index contributed by atoms with van der Waals surface area (Å²) in [7, 11) is 0. The summed E-state index contributed by atoms with van der Waals surface area (Å²) in [6.45, 7) is 4.74. The molecule has 0 aliphatic carbocycles. The van der Waals surface area contributed by atoms with Crippen molar-refractivity contribution in [3.63, 3.8) is 0 Å². The molecule has 160 valence electrons. The summed E-state index contributed by atoms with van der Waals surface area (Å²) in [6, 6.07) is 2.63. The fourth-order valence-corrected chi connectivity index (χ4v) is 3.76. The molecular weight excluding hydrogens is 401 g/mol. The van der Waals surface area contributed by atoms with Gasteiger partial charge in [0.05, 0.1) is 12.2 Å². The summed E-state index contributed by atoms with van der Waals surface area (Å²) in [4.78, 5) is 18.6. The predicted octanol–water partition coefficient (Wildman–Crippen LogP) is 2.15. The van der Waals surface area contributed by atoms with E-state index < -0.39 is 11.9 Å². The summed E-state index contributed by atoms with van der Waals surface area (Å²) in [5.41, 5.74) is 0.230. The Morgan fingerprint density at radius 1 is 1.20 bits per heavy atom. The number of rotatable bonds is 4. The van der Waals surface area contributed by atoms with Crippen LogP contribution in [0.25, 0.3) is 5.65 Å². The predicted molar refractivity (Wildman–Crippen MR) is 98.5 cm³/mol. The minimum absolute atomic E-state index is 0.0193. The van der Waals surface area contributed by atoms with Gasteiger partial charge in [0.1, 0.15) is 11.5 Å². The highest BCUT2D eigenvalue weighted by Gasteiger charge is 2.36. The molecule has 0 unspecified atom stereocenters. The van der Waals surface area contributed by atoms with Gasteiger partial charge in [-0.05, 0) is 43.2 Å². The molecule has 4 heterocycles. The molecule has 1 aliphatic heterocycles. The van der Waals surface area contributed by atoms with Crippen molar-refractivity contribution in [3.8, 4) is 0 Å². The van der Waals surface area contributed by atoms with Crippen molar-refractivity contribution < 1.29 is 18.0 Å². The SMILES string of the molecule is Cc1cc2nc(C3CCN(C(=O)CCn4nnnc4C)CC3)cc(C(F)(F)F)n2n1. The van der Waals surface area contributed by atoms with Gasteiger partial charge in [0, 0.05) is 37.2 Å². The lowest BCUT2D eigenvalue weighted by molar-refractivity contribution is -0.142. The zero-order valence-electron chi connectivity index (χ0n) is 16.6. The van der Waals surface area contributed by atoms with Crippen molar-refractivity contribution in [1.29, 1.82) is 0 Å². The molecule has 0 N–H and O–H groups in total. The molecule has 1 fully saturated rings. The van der Waals surface area contributed by atoms with E-state index in [1.54, 1.807) is 29.5 Å². The highest BCUT2D eigenvalue weighted by atomic mass is 19.4. The Kier molecular flexibility index (Phi) is 5.16. The van der Waals surface area contributed by atoms with Gasteiger partial charge in [0.25, 0.3) is 0 Å². The van der Waals surface area contributed by atoms with Crippen molar-refractivity contribution in [3.05, 3.63) is 35.0 Å². The summed E-state index contributed by atoms with van der Waals surface area (Å²) >= 11 is 0. The Balaban J connectivity index is 1.44. The Morgan fingerprint density at radius 2 is 1.93 bits per heavy atom. The lowest BCUT2D eigenvalue weighted by Crippen LogP contribution is -2.38. The summed E-state index contributed by atoms with van der Waals surface area (Å²) in [5, 5.41) is 15.1. The number of carbonyl (C=O) groups excluding carboxylic acids is 1. The third-order valence-corrected chi connectivity index (χ3v) is 5.37. The van der Waals surface area contributed by atoms with Gasteiger partial charge in [0.2, 0.25) is 5.91 Å². The fourth-order valence-electron chi connectivity index (χ4n) is 3.76. The van der Waals surface area contributed by atoms with E-state index in [0.29, 0.717) is 49.7 Å². The van der Waals surface area contributed by atoms with Crippen LogP contribution in [0.15, 0.2) is 12.1 Å². The first-order valence-electron chi connectivity index (χ1n) is 9.67. The first kappa shape index (κ1) is 20.2. The van der Waals surface area contributed by atoms with Crippen LogP contribution in [-0.4, -0.2) is 58.7 Å². The van der Waals surface area contributed by atoms with E-state index in [0.717, 1.165) is 10.6 Å². The third-order valence-electron chi connectivity index (χ3n) is 5.37. The molecule has 0 saturated carbocycles. The number of alkyl halides is 3. The standard InChI is InChI=1S/C18H21F3N8O/c1-11-9-16-22-14(10-15(18(19,20)21)29(16)24-11)13-3-6-27(7-4-13)17(30)5-8-28-12(2)23-25-26-28/h9-10,13H,3-8H2,1-2H3. The maximum atomic E-state index is 13.5. The van der Waals surface area contributed by atoms with Crippen molar-refractivity contribution in [2.75, 3.05) is 13.1 Å². The van der Waals surface area contributed by atoms with E-state index in [4.69, 9.17) is 0 Å².